The van der Waals surface area contributed by atoms with Crippen LogP contribution in [-0.2, 0) is 4.74 Å². The Hall–Kier alpha value is 0.230. The van der Waals surface area contributed by atoms with E-state index < -0.39 is 5.60 Å². The molecule has 0 amide bonds. The van der Waals surface area contributed by atoms with Gasteiger partial charge in [0.2, 0.25) is 0 Å². The highest BCUT2D eigenvalue weighted by molar-refractivity contribution is 7.98. The van der Waals surface area contributed by atoms with Crippen molar-refractivity contribution in [2.75, 3.05) is 45.4 Å². The van der Waals surface area contributed by atoms with Crippen LogP contribution in [0.1, 0.15) is 19.3 Å². The van der Waals surface area contributed by atoms with Crippen molar-refractivity contribution < 1.29 is 9.84 Å². The van der Waals surface area contributed by atoms with Crippen molar-refractivity contribution in [2.24, 2.45) is 0 Å². The largest absolute Gasteiger partial charge is 0.388 e. The molecule has 1 rings (SSSR count). The fourth-order valence-electron chi connectivity index (χ4n) is 1.97. The van der Waals surface area contributed by atoms with Crippen LogP contribution in [0.4, 0.5) is 0 Å². The lowest BCUT2D eigenvalue weighted by Crippen LogP contribution is -2.45. The number of aliphatic hydroxyl groups is 1. The van der Waals surface area contributed by atoms with E-state index in [1.54, 1.807) is 0 Å². The molecule has 90 valence electrons. The zero-order valence-corrected chi connectivity index (χ0v) is 10.7. The Morgan fingerprint density at radius 1 is 1.40 bits per heavy atom. The molecule has 15 heavy (non-hydrogen) atoms. The van der Waals surface area contributed by atoms with Gasteiger partial charge in [0, 0.05) is 32.6 Å². The van der Waals surface area contributed by atoms with Crippen LogP contribution in [0.25, 0.3) is 0 Å². The number of nitrogens with zero attached hydrogens (tertiary/aromatic N) is 1. The Kier molecular flexibility index (Phi) is 5.97. The summed E-state index contributed by atoms with van der Waals surface area (Å²) in [5.41, 5.74) is -0.508. The van der Waals surface area contributed by atoms with E-state index in [4.69, 9.17) is 4.74 Å². The van der Waals surface area contributed by atoms with Gasteiger partial charge in [-0.1, -0.05) is 0 Å². The van der Waals surface area contributed by atoms with E-state index >= 15 is 0 Å². The molecule has 0 saturated carbocycles. The molecule has 0 aliphatic carbocycles. The minimum atomic E-state index is -0.508. The second kappa shape index (κ2) is 6.74. The highest BCUT2D eigenvalue weighted by Crippen LogP contribution is 2.21. The topological polar surface area (TPSA) is 32.7 Å². The number of hydrogen-bond donors (Lipinski definition) is 1. The molecule has 1 fully saturated rings. The van der Waals surface area contributed by atoms with Crippen molar-refractivity contribution in [3.05, 3.63) is 0 Å². The van der Waals surface area contributed by atoms with E-state index in [1.807, 2.05) is 11.8 Å². The van der Waals surface area contributed by atoms with Gasteiger partial charge in [-0.25, -0.2) is 0 Å². The summed E-state index contributed by atoms with van der Waals surface area (Å²) >= 11 is 1.88. The fourth-order valence-corrected chi connectivity index (χ4v) is 2.39. The van der Waals surface area contributed by atoms with Crippen LogP contribution < -0.4 is 0 Å². The average Bonchev–Trinajstić information content (AvgIpc) is 2.18. The molecule has 0 radical (unpaired) electrons. The van der Waals surface area contributed by atoms with Gasteiger partial charge >= 0.3 is 0 Å². The zero-order valence-electron chi connectivity index (χ0n) is 9.87. The summed E-state index contributed by atoms with van der Waals surface area (Å²) in [5.74, 6) is 1.20. The number of ether oxygens (including phenoxy) is 1. The van der Waals surface area contributed by atoms with Crippen LogP contribution in [0.5, 0.6) is 0 Å². The monoisotopic (exact) mass is 233 g/mol. The molecule has 3 nitrogen and oxygen atoms in total. The molecule has 0 spiro atoms. The number of hydrogen-bond acceptors (Lipinski definition) is 4. The minimum absolute atomic E-state index is 0.508. The number of likely N-dealkylation sites (N-methyl/N-ethyl adjacent to an activating group) is 1. The fraction of sp³-hybridized carbons (Fsp3) is 1.00. The lowest BCUT2D eigenvalue weighted by molar-refractivity contribution is -0.0767. The van der Waals surface area contributed by atoms with Crippen molar-refractivity contribution in [1.29, 1.82) is 0 Å². The summed E-state index contributed by atoms with van der Waals surface area (Å²) in [4.78, 5) is 2.24. The summed E-state index contributed by atoms with van der Waals surface area (Å²) in [7, 11) is 2.09. The lowest BCUT2D eigenvalue weighted by Gasteiger charge is -2.35. The first-order valence-corrected chi connectivity index (χ1v) is 7.03. The molecule has 1 aliphatic rings. The van der Waals surface area contributed by atoms with Crippen LogP contribution in [0.15, 0.2) is 0 Å². The summed E-state index contributed by atoms with van der Waals surface area (Å²) < 4.78 is 5.26. The Morgan fingerprint density at radius 2 is 2.07 bits per heavy atom. The van der Waals surface area contributed by atoms with Gasteiger partial charge in [-0.05, 0) is 32.0 Å². The maximum Gasteiger partial charge on any atom is 0.0817 e. The number of rotatable bonds is 6. The molecule has 0 bridgehead atoms. The van der Waals surface area contributed by atoms with Crippen molar-refractivity contribution in [1.82, 2.24) is 4.90 Å². The van der Waals surface area contributed by atoms with Gasteiger partial charge in [-0.2, -0.15) is 11.8 Å². The van der Waals surface area contributed by atoms with E-state index in [0.717, 1.165) is 25.9 Å². The van der Waals surface area contributed by atoms with Gasteiger partial charge in [0.15, 0.2) is 0 Å². The van der Waals surface area contributed by atoms with Crippen molar-refractivity contribution in [3.63, 3.8) is 0 Å². The maximum atomic E-state index is 10.3. The standard InChI is InChI=1S/C11H23NO2S/c1-12(6-3-9-15-2)10-11(13)4-7-14-8-5-11/h13H,3-10H2,1-2H3. The van der Waals surface area contributed by atoms with Gasteiger partial charge < -0.3 is 14.7 Å². The highest BCUT2D eigenvalue weighted by Gasteiger charge is 2.30. The van der Waals surface area contributed by atoms with Crippen molar-refractivity contribution >= 4 is 11.8 Å². The molecule has 0 unspecified atom stereocenters. The molecule has 1 N–H and O–H groups in total. The van der Waals surface area contributed by atoms with E-state index in [0.29, 0.717) is 13.2 Å². The highest BCUT2D eigenvalue weighted by atomic mass is 32.2. The summed E-state index contributed by atoms with van der Waals surface area (Å²) in [5, 5.41) is 10.3. The third-order valence-corrected chi connectivity index (χ3v) is 3.57. The summed E-state index contributed by atoms with van der Waals surface area (Å²) in [6, 6.07) is 0. The molecule has 4 heteroatoms. The smallest absolute Gasteiger partial charge is 0.0817 e. The van der Waals surface area contributed by atoms with Crippen LogP contribution in [-0.4, -0.2) is 61.0 Å². The Labute approximate surface area is 97.2 Å². The normalized spacial score (nSPS) is 20.8. The SMILES string of the molecule is CSCCCN(C)CC1(O)CCOCC1. The van der Waals surface area contributed by atoms with Gasteiger partial charge in [-0.3, -0.25) is 0 Å². The Morgan fingerprint density at radius 3 is 2.67 bits per heavy atom. The predicted molar refractivity (Wildman–Crippen MR) is 65.5 cm³/mol. The predicted octanol–water partition coefficient (Wildman–Crippen LogP) is 1.21. The molecule has 1 heterocycles. The van der Waals surface area contributed by atoms with Gasteiger partial charge in [0.25, 0.3) is 0 Å². The van der Waals surface area contributed by atoms with Gasteiger partial charge in [0.1, 0.15) is 0 Å². The lowest BCUT2D eigenvalue weighted by atomic mass is 9.94. The summed E-state index contributed by atoms with van der Waals surface area (Å²) in [6.45, 7) is 3.26. The van der Waals surface area contributed by atoms with E-state index in [2.05, 4.69) is 18.2 Å². The second-order valence-electron chi connectivity index (χ2n) is 4.42. The molecule has 0 aromatic rings. The second-order valence-corrected chi connectivity index (χ2v) is 5.41. The molecule has 0 aromatic carbocycles. The molecule has 1 saturated heterocycles. The van der Waals surface area contributed by atoms with Crippen LogP contribution >= 0.6 is 11.8 Å². The van der Waals surface area contributed by atoms with Crippen LogP contribution in [0.3, 0.4) is 0 Å². The molecular weight excluding hydrogens is 210 g/mol. The first kappa shape index (κ1) is 13.3. The van der Waals surface area contributed by atoms with E-state index in [-0.39, 0.29) is 0 Å². The third-order valence-electron chi connectivity index (χ3n) is 2.88. The average molecular weight is 233 g/mol. The maximum absolute atomic E-state index is 10.3. The van der Waals surface area contributed by atoms with Crippen LogP contribution in [0, 0.1) is 0 Å². The third kappa shape index (κ3) is 5.20. The first-order valence-electron chi connectivity index (χ1n) is 5.64. The Bertz CT molecular complexity index is 172. The molecule has 0 aromatic heterocycles. The van der Waals surface area contributed by atoms with Crippen molar-refractivity contribution in [3.8, 4) is 0 Å². The quantitative estimate of drug-likeness (QED) is 0.699. The minimum Gasteiger partial charge on any atom is -0.388 e. The molecule has 0 atom stereocenters. The van der Waals surface area contributed by atoms with E-state index in [9.17, 15) is 5.11 Å². The molecular formula is C11H23NO2S. The van der Waals surface area contributed by atoms with Crippen LogP contribution in [0.2, 0.25) is 0 Å². The van der Waals surface area contributed by atoms with E-state index in [1.165, 1.54) is 12.2 Å². The Balaban J connectivity index is 2.20. The first-order chi connectivity index (χ1) is 7.16. The number of thioether (sulfide) groups is 1. The van der Waals surface area contributed by atoms with Gasteiger partial charge in [0.05, 0.1) is 5.60 Å². The molecule has 1 aliphatic heterocycles. The van der Waals surface area contributed by atoms with Crippen molar-refractivity contribution in [2.45, 2.75) is 24.9 Å². The zero-order chi connectivity index (χ0) is 11.1. The van der Waals surface area contributed by atoms with Gasteiger partial charge in [-0.15, -0.1) is 0 Å². The summed E-state index contributed by atoms with van der Waals surface area (Å²) in [6.07, 6.45) is 4.88.